The highest BCUT2D eigenvalue weighted by Crippen LogP contribution is 2.31. The molecule has 108 valence electrons. The molecule has 1 aliphatic rings. The number of nitrogens with zero attached hydrogens (tertiary/aromatic N) is 3. The molecule has 20 heavy (non-hydrogen) atoms. The van der Waals surface area contributed by atoms with Gasteiger partial charge in [-0.25, -0.2) is 4.98 Å². The molecule has 1 N–H and O–H groups in total. The Kier molecular flexibility index (Phi) is 4.29. The van der Waals surface area contributed by atoms with Crippen molar-refractivity contribution in [3.63, 3.8) is 0 Å². The number of anilines is 1. The molecule has 0 bridgehead atoms. The number of likely N-dealkylation sites (tertiary alicyclic amines) is 1. The number of nitriles is 1. The maximum Gasteiger partial charge on any atom is 0.144 e. The minimum Gasteiger partial charge on any atom is -0.368 e. The summed E-state index contributed by atoms with van der Waals surface area (Å²) in [6.07, 6.45) is 2.37. The van der Waals surface area contributed by atoms with Gasteiger partial charge < -0.3 is 10.2 Å². The van der Waals surface area contributed by atoms with Gasteiger partial charge in [0.25, 0.3) is 0 Å². The SMILES string of the molecule is Cc1cc(C)c(C#N)c(NCC2(C)CCN(C)CC2)n1. The number of hydrogen-bond donors (Lipinski definition) is 1. The molecule has 2 heterocycles. The van der Waals surface area contributed by atoms with Gasteiger partial charge in [0.05, 0.1) is 5.56 Å². The first-order valence-corrected chi connectivity index (χ1v) is 7.24. The second-order valence-corrected chi connectivity index (χ2v) is 6.38. The second kappa shape index (κ2) is 5.80. The van der Waals surface area contributed by atoms with Crippen LogP contribution in [0, 0.1) is 30.6 Å². The van der Waals surface area contributed by atoms with Crippen molar-refractivity contribution in [3.05, 3.63) is 22.9 Å². The van der Waals surface area contributed by atoms with E-state index in [9.17, 15) is 5.26 Å². The molecule has 1 aliphatic heterocycles. The standard InChI is InChI=1S/C16H24N4/c1-12-9-13(2)19-15(14(12)10-17)18-11-16(3)5-7-20(4)8-6-16/h9H,5-8,11H2,1-4H3,(H,18,19). The lowest BCUT2D eigenvalue weighted by molar-refractivity contribution is 0.150. The number of aromatic nitrogens is 1. The van der Waals surface area contributed by atoms with Crippen molar-refractivity contribution in [2.45, 2.75) is 33.6 Å². The van der Waals surface area contributed by atoms with E-state index < -0.39 is 0 Å². The van der Waals surface area contributed by atoms with E-state index >= 15 is 0 Å². The van der Waals surface area contributed by atoms with Crippen molar-refractivity contribution in [1.82, 2.24) is 9.88 Å². The Bertz CT molecular complexity index is 522. The molecule has 4 nitrogen and oxygen atoms in total. The summed E-state index contributed by atoms with van der Waals surface area (Å²) >= 11 is 0. The predicted octanol–water partition coefficient (Wildman–Crippen LogP) is 2.71. The molecule has 0 saturated carbocycles. The van der Waals surface area contributed by atoms with Crippen molar-refractivity contribution in [2.75, 3.05) is 32.0 Å². The molecule has 0 spiro atoms. The normalized spacial score (nSPS) is 18.6. The van der Waals surface area contributed by atoms with Gasteiger partial charge in [0.15, 0.2) is 0 Å². The molecule has 1 aromatic heterocycles. The van der Waals surface area contributed by atoms with Crippen LogP contribution in [0.25, 0.3) is 0 Å². The molecule has 0 aliphatic carbocycles. The van der Waals surface area contributed by atoms with E-state index in [-0.39, 0.29) is 0 Å². The highest BCUT2D eigenvalue weighted by molar-refractivity contribution is 5.56. The maximum absolute atomic E-state index is 9.29. The van der Waals surface area contributed by atoms with Gasteiger partial charge >= 0.3 is 0 Å². The van der Waals surface area contributed by atoms with Crippen molar-refractivity contribution < 1.29 is 0 Å². The van der Waals surface area contributed by atoms with Gasteiger partial charge in [0.1, 0.15) is 11.9 Å². The van der Waals surface area contributed by atoms with E-state index in [0.29, 0.717) is 11.0 Å². The molecule has 4 heteroatoms. The Morgan fingerprint density at radius 3 is 2.65 bits per heavy atom. The minimum absolute atomic E-state index is 0.290. The largest absolute Gasteiger partial charge is 0.368 e. The molecule has 1 aromatic rings. The second-order valence-electron chi connectivity index (χ2n) is 6.38. The first-order chi connectivity index (χ1) is 9.43. The predicted molar refractivity (Wildman–Crippen MR) is 81.8 cm³/mol. The fourth-order valence-corrected chi connectivity index (χ4v) is 2.74. The van der Waals surface area contributed by atoms with Gasteiger partial charge in [-0.1, -0.05) is 6.92 Å². The van der Waals surface area contributed by atoms with Crippen LogP contribution in [-0.4, -0.2) is 36.6 Å². The first kappa shape index (κ1) is 14.8. The van der Waals surface area contributed by atoms with Crippen LogP contribution in [0.3, 0.4) is 0 Å². The summed E-state index contributed by atoms with van der Waals surface area (Å²) in [4.78, 5) is 6.86. The van der Waals surface area contributed by atoms with Crippen LogP contribution < -0.4 is 5.32 Å². The molecule has 0 radical (unpaired) electrons. The molecule has 2 rings (SSSR count). The molecule has 1 fully saturated rings. The van der Waals surface area contributed by atoms with Gasteiger partial charge in [0.2, 0.25) is 0 Å². The van der Waals surface area contributed by atoms with E-state index in [1.54, 1.807) is 0 Å². The van der Waals surface area contributed by atoms with Crippen molar-refractivity contribution in [1.29, 1.82) is 5.26 Å². The highest BCUT2D eigenvalue weighted by atomic mass is 15.1. The summed E-state index contributed by atoms with van der Waals surface area (Å²) in [5.74, 6) is 0.741. The van der Waals surface area contributed by atoms with Gasteiger partial charge in [-0.15, -0.1) is 0 Å². The summed E-state index contributed by atoms with van der Waals surface area (Å²) in [7, 11) is 2.17. The Labute approximate surface area is 121 Å². The van der Waals surface area contributed by atoms with Crippen molar-refractivity contribution in [3.8, 4) is 6.07 Å². The van der Waals surface area contributed by atoms with Crippen LogP contribution in [0.4, 0.5) is 5.82 Å². The zero-order valence-corrected chi connectivity index (χ0v) is 13.0. The van der Waals surface area contributed by atoms with Crippen molar-refractivity contribution in [2.24, 2.45) is 5.41 Å². The lowest BCUT2D eigenvalue weighted by Crippen LogP contribution is -2.40. The Morgan fingerprint density at radius 1 is 1.40 bits per heavy atom. The molecule has 0 amide bonds. The van der Waals surface area contributed by atoms with E-state index in [1.165, 1.54) is 12.8 Å². The monoisotopic (exact) mass is 272 g/mol. The number of pyridine rings is 1. The number of aryl methyl sites for hydroxylation is 2. The number of rotatable bonds is 3. The van der Waals surface area contributed by atoms with E-state index in [1.807, 2.05) is 19.9 Å². The summed E-state index contributed by atoms with van der Waals surface area (Å²) < 4.78 is 0. The topological polar surface area (TPSA) is 52.0 Å². The van der Waals surface area contributed by atoms with Gasteiger partial charge in [-0.05, 0) is 63.9 Å². The smallest absolute Gasteiger partial charge is 0.144 e. The molecule has 0 aromatic carbocycles. The minimum atomic E-state index is 0.290. The third kappa shape index (κ3) is 3.29. The number of nitrogens with one attached hydrogen (secondary N) is 1. The van der Waals surface area contributed by atoms with Gasteiger partial charge in [-0.3, -0.25) is 0 Å². The Hall–Kier alpha value is -1.60. The highest BCUT2D eigenvalue weighted by Gasteiger charge is 2.29. The van der Waals surface area contributed by atoms with Crippen LogP contribution >= 0.6 is 0 Å². The lowest BCUT2D eigenvalue weighted by atomic mass is 9.80. The average Bonchev–Trinajstić information content (AvgIpc) is 2.40. The average molecular weight is 272 g/mol. The van der Waals surface area contributed by atoms with Crippen molar-refractivity contribution >= 4 is 5.82 Å². The van der Waals surface area contributed by atoms with Crippen LogP contribution in [-0.2, 0) is 0 Å². The summed E-state index contributed by atoms with van der Waals surface area (Å²) in [5, 5.41) is 12.7. The molecule has 0 atom stereocenters. The fraction of sp³-hybridized carbons (Fsp3) is 0.625. The Morgan fingerprint density at radius 2 is 2.05 bits per heavy atom. The maximum atomic E-state index is 9.29. The third-order valence-electron chi connectivity index (χ3n) is 4.33. The molecular formula is C16H24N4. The fourth-order valence-electron chi connectivity index (χ4n) is 2.74. The molecule has 0 unspecified atom stereocenters. The number of piperidine rings is 1. The summed E-state index contributed by atoms with van der Waals surface area (Å²) in [6.45, 7) is 9.42. The lowest BCUT2D eigenvalue weighted by Gasteiger charge is -2.38. The van der Waals surface area contributed by atoms with Gasteiger partial charge in [-0.2, -0.15) is 5.26 Å². The van der Waals surface area contributed by atoms with Crippen LogP contribution in [0.2, 0.25) is 0 Å². The van der Waals surface area contributed by atoms with Crippen LogP contribution in [0.1, 0.15) is 36.6 Å². The summed E-state index contributed by atoms with van der Waals surface area (Å²) in [5.41, 5.74) is 2.92. The van der Waals surface area contributed by atoms with E-state index in [0.717, 1.165) is 36.7 Å². The zero-order valence-electron chi connectivity index (χ0n) is 13.0. The van der Waals surface area contributed by atoms with Crippen LogP contribution in [0.5, 0.6) is 0 Å². The van der Waals surface area contributed by atoms with E-state index in [4.69, 9.17) is 0 Å². The Balaban J connectivity index is 2.10. The molecule has 1 saturated heterocycles. The van der Waals surface area contributed by atoms with E-state index in [2.05, 4.69) is 35.2 Å². The quantitative estimate of drug-likeness (QED) is 0.919. The summed E-state index contributed by atoms with van der Waals surface area (Å²) in [6, 6.07) is 4.22. The van der Waals surface area contributed by atoms with Gasteiger partial charge in [0, 0.05) is 12.2 Å². The third-order valence-corrected chi connectivity index (χ3v) is 4.33. The molecular weight excluding hydrogens is 248 g/mol. The zero-order chi connectivity index (χ0) is 14.8. The van der Waals surface area contributed by atoms with Crippen LogP contribution in [0.15, 0.2) is 6.07 Å². The first-order valence-electron chi connectivity index (χ1n) is 7.24. The number of hydrogen-bond acceptors (Lipinski definition) is 4.